The van der Waals surface area contributed by atoms with Gasteiger partial charge in [-0.05, 0) is 0 Å². The zero-order valence-corrected chi connectivity index (χ0v) is 10.6. The number of pyridine rings is 1. The Balaban J connectivity index is 1.92. The van der Waals surface area contributed by atoms with Crippen molar-refractivity contribution in [2.24, 2.45) is 0 Å². The van der Waals surface area contributed by atoms with Crippen LogP contribution in [-0.4, -0.2) is 51.7 Å². The SMILES string of the molecule is COCCOCCOCCOc1cncc(N)c1. The molecule has 102 valence electrons. The quantitative estimate of drug-likeness (QED) is 0.622. The summed E-state index contributed by atoms with van der Waals surface area (Å²) >= 11 is 0. The molecule has 6 heteroatoms. The molecule has 6 nitrogen and oxygen atoms in total. The summed E-state index contributed by atoms with van der Waals surface area (Å²) in [5.41, 5.74) is 6.15. The van der Waals surface area contributed by atoms with Gasteiger partial charge in [0.25, 0.3) is 0 Å². The normalized spacial score (nSPS) is 10.5. The van der Waals surface area contributed by atoms with E-state index in [1.807, 2.05) is 0 Å². The first-order valence-electron chi connectivity index (χ1n) is 5.80. The Morgan fingerprint density at radius 1 is 1.00 bits per heavy atom. The van der Waals surface area contributed by atoms with Gasteiger partial charge in [-0.1, -0.05) is 0 Å². The molecule has 0 saturated heterocycles. The molecule has 0 aliphatic carbocycles. The van der Waals surface area contributed by atoms with Gasteiger partial charge in [-0.25, -0.2) is 0 Å². The van der Waals surface area contributed by atoms with Crippen LogP contribution < -0.4 is 10.5 Å². The number of rotatable bonds is 10. The Morgan fingerprint density at radius 2 is 1.67 bits per heavy atom. The second-order valence-corrected chi connectivity index (χ2v) is 3.52. The minimum atomic E-state index is 0.462. The van der Waals surface area contributed by atoms with Crippen molar-refractivity contribution >= 4 is 5.69 Å². The minimum absolute atomic E-state index is 0.462. The molecule has 18 heavy (non-hydrogen) atoms. The van der Waals surface area contributed by atoms with Crippen LogP contribution in [0.1, 0.15) is 0 Å². The third kappa shape index (κ3) is 7.05. The Labute approximate surface area is 107 Å². The van der Waals surface area contributed by atoms with Crippen LogP contribution in [0.5, 0.6) is 5.75 Å². The summed E-state index contributed by atoms with van der Waals surface area (Å²) in [7, 11) is 1.64. The number of anilines is 1. The molecule has 2 N–H and O–H groups in total. The topological polar surface area (TPSA) is 75.8 Å². The molecule has 1 aromatic heterocycles. The highest BCUT2D eigenvalue weighted by molar-refractivity contribution is 5.39. The summed E-state index contributed by atoms with van der Waals surface area (Å²) in [6, 6.07) is 1.72. The average Bonchev–Trinajstić information content (AvgIpc) is 2.37. The highest BCUT2D eigenvalue weighted by atomic mass is 16.6. The van der Waals surface area contributed by atoms with Crippen LogP contribution in [-0.2, 0) is 14.2 Å². The molecule has 0 aromatic carbocycles. The zero-order valence-electron chi connectivity index (χ0n) is 10.6. The second-order valence-electron chi connectivity index (χ2n) is 3.52. The van der Waals surface area contributed by atoms with E-state index in [9.17, 15) is 0 Å². The lowest BCUT2D eigenvalue weighted by molar-refractivity contribution is 0.0179. The van der Waals surface area contributed by atoms with Crippen molar-refractivity contribution in [3.05, 3.63) is 18.5 Å². The van der Waals surface area contributed by atoms with E-state index in [4.69, 9.17) is 24.7 Å². The van der Waals surface area contributed by atoms with E-state index in [1.54, 1.807) is 25.6 Å². The summed E-state index contributed by atoms with van der Waals surface area (Å²) in [5.74, 6) is 0.648. The first-order valence-corrected chi connectivity index (χ1v) is 5.80. The third-order valence-corrected chi connectivity index (χ3v) is 2.03. The monoisotopic (exact) mass is 256 g/mol. The van der Waals surface area contributed by atoms with Crippen LogP contribution in [0.3, 0.4) is 0 Å². The standard InChI is InChI=1S/C12H20N2O4/c1-15-2-3-16-4-5-17-6-7-18-12-8-11(13)9-14-10-12/h8-10H,2-7,13H2,1H3. The average molecular weight is 256 g/mol. The zero-order chi connectivity index (χ0) is 13.1. The lowest BCUT2D eigenvalue weighted by Crippen LogP contribution is -2.12. The van der Waals surface area contributed by atoms with Gasteiger partial charge < -0.3 is 24.7 Å². The lowest BCUT2D eigenvalue weighted by atomic mass is 10.4. The molecular weight excluding hydrogens is 236 g/mol. The van der Waals surface area contributed by atoms with Crippen LogP contribution in [0.2, 0.25) is 0 Å². The first-order chi connectivity index (χ1) is 8.83. The summed E-state index contributed by atoms with van der Waals surface area (Å²) in [6.45, 7) is 3.26. The molecular formula is C12H20N2O4. The van der Waals surface area contributed by atoms with Gasteiger partial charge in [0.05, 0.1) is 51.1 Å². The van der Waals surface area contributed by atoms with Crippen LogP contribution in [0.15, 0.2) is 18.5 Å². The van der Waals surface area contributed by atoms with Gasteiger partial charge in [0, 0.05) is 13.2 Å². The minimum Gasteiger partial charge on any atom is -0.489 e. The summed E-state index contributed by atoms with van der Waals surface area (Å²) in [4.78, 5) is 3.92. The number of hydrogen-bond donors (Lipinski definition) is 1. The molecule has 0 bridgehead atoms. The molecule has 0 radical (unpaired) electrons. The number of nitrogen functional groups attached to an aromatic ring is 1. The number of methoxy groups -OCH3 is 1. The predicted octanol–water partition coefficient (Wildman–Crippen LogP) is 0.722. The number of nitrogens with two attached hydrogens (primary N) is 1. The van der Waals surface area contributed by atoms with Crippen molar-refractivity contribution in [3.63, 3.8) is 0 Å². The van der Waals surface area contributed by atoms with Crippen molar-refractivity contribution in [2.75, 3.05) is 52.5 Å². The number of aromatic nitrogens is 1. The van der Waals surface area contributed by atoms with Gasteiger partial charge in [-0.2, -0.15) is 0 Å². The Morgan fingerprint density at radius 3 is 2.33 bits per heavy atom. The molecule has 0 atom stereocenters. The molecule has 1 rings (SSSR count). The van der Waals surface area contributed by atoms with Crippen LogP contribution >= 0.6 is 0 Å². The van der Waals surface area contributed by atoms with Gasteiger partial charge >= 0.3 is 0 Å². The molecule has 0 unspecified atom stereocenters. The Bertz CT molecular complexity index is 323. The van der Waals surface area contributed by atoms with E-state index >= 15 is 0 Å². The van der Waals surface area contributed by atoms with Gasteiger partial charge in [-0.15, -0.1) is 0 Å². The van der Waals surface area contributed by atoms with Crippen molar-refractivity contribution in [2.45, 2.75) is 0 Å². The fraction of sp³-hybridized carbons (Fsp3) is 0.583. The van der Waals surface area contributed by atoms with Crippen molar-refractivity contribution in [1.82, 2.24) is 4.98 Å². The van der Waals surface area contributed by atoms with Gasteiger partial charge in [-0.3, -0.25) is 4.98 Å². The first kappa shape index (κ1) is 14.7. The maximum atomic E-state index is 5.57. The number of nitrogens with zero attached hydrogens (tertiary/aromatic N) is 1. The molecule has 0 spiro atoms. The van der Waals surface area contributed by atoms with E-state index in [2.05, 4.69) is 4.98 Å². The molecule has 0 aliphatic heterocycles. The summed E-state index contributed by atoms with van der Waals surface area (Å²) in [6.07, 6.45) is 3.19. The molecule has 1 heterocycles. The maximum Gasteiger partial charge on any atom is 0.139 e. The predicted molar refractivity (Wildman–Crippen MR) is 67.7 cm³/mol. The molecule has 0 aliphatic rings. The number of ether oxygens (including phenoxy) is 4. The van der Waals surface area contributed by atoms with Crippen LogP contribution in [0.25, 0.3) is 0 Å². The number of hydrogen-bond acceptors (Lipinski definition) is 6. The highest BCUT2D eigenvalue weighted by Crippen LogP contribution is 2.11. The Hall–Kier alpha value is -1.37. The fourth-order valence-electron chi connectivity index (χ4n) is 1.20. The van der Waals surface area contributed by atoms with Crippen molar-refractivity contribution in [1.29, 1.82) is 0 Å². The molecule has 1 aromatic rings. The third-order valence-electron chi connectivity index (χ3n) is 2.03. The largest absolute Gasteiger partial charge is 0.489 e. The van der Waals surface area contributed by atoms with E-state index in [1.165, 1.54) is 0 Å². The van der Waals surface area contributed by atoms with Gasteiger partial charge in [0.2, 0.25) is 0 Å². The van der Waals surface area contributed by atoms with Crippen molar-refractivity contribution < 1.29 is 18.9 Å². The van der Waals surface area contributed by atoms with Gasteiger partial charge in [0.1, 0.15) is 12.4 Å². The van der Waals surface area contributed by atoms with Crippen LogP contribution in [0, 0.1) is 0 Å². The fourth-order valence-corrected chi connectivity index (χ4v) is 1.20. The highest BCUT2D eigenvalue weighted by Gasteiger charge is 1.95. The van der Waals surface area contributed by atoms with E-state index in [0.717, 1.165) is 0 Å². The molecule has 0 amide bonds. The summed E-state index contributed by atoms with van der Waals surface area (Å²) in [5, 5.41) is 0. The smallest absolute Gasteiger partial charge is 0.139 e. The van der Waals surface area contributed by atoms with E-state index < -0.39 is 0 Å². The second kappa shape index (κ2) is 9.64. The molecule has 0 fully saturated rings. The van der Waals surface area contributed by atoms with E-state index in [-0.39, 0.29) is 0 Å². The molecule has 0 saturated carbocycles. The Kier molecular flexibility index (Phi) is 7.87. The summed E-state index contributed by atoms with van der Waals surface area (Å²) < 4.78 is 20.8. The van der Waals surface area contributed by atoms with Crippen molar-refractivity contribution in [3.8, 4) is 5.75 Å². The lowest BCUT2D eigenvalue weighted by Gasteiger charge is -2.07. The van der Waals surface area contributed by atoms with Crippen LogP contribution in [0.4, 0.5) is 5.69 Å². The van der Waals surface area contributed by atoms with E-state index in [0.29, 0.717) is 51.1 Å². The maximum absolute atomic E-state index is 5.57. The van der Waals surface area contributed by atoms with Gasteiger partial charge in [0.15, 0.2) is 0 Å².